The van der Waals surface area contributed by atoms with E-state index in [0.717, 1.165) is 106 Å². The van der Waals surface area contributed by atoms with Gasteiger partial charge in [0.25, 0.3) is 23.6 Å². The number of fused-ring (bicyclic) bond motifs is 4. The first-order chi connectivity index (χ1) is 37.0. The average Bonchev–Trinajstić information content (AvgIpc) is 3.93. The maximum Gasteiger partial charge on any atom is 0.471 e. The Balaban J connectivity index is 0.709. The number of aliphatic hydroxyl groups is 1. The van der Waals surface area contributed by atoms with E-state index >= 15 is 0 Å². The monoisotopic (exact) mass is 1090 g/mol. The van der Waals surface area contributed by atoms with Crippen LogP contribution in [0.25, 0.3) is 11.1 Å². The van der Waals surface area contributed by atoms with E-state index in [2.05, 4.69) is 42.5 Å². The number of piperidine rings is 2. The molecule has 23 heteroatoms. The molecular weight excluding hydrogens is 1030 g/mol. The van der Waals surface area contributed by atoms with Crippen molar-refractivity contribution >= 4 is 77.4 Å². The van der Waals surface area contributed by atoms with Crippen LogP contribution < -0.4 is 24.8 Å². The Hall–Kier alpha value is -6.65. The number of amides is 5. The number of ether oxygens (including phenoxy) is 1. The van der Waals surface area contributed by atoms with Crippen molar-refractivity contribution in [2.45, 2.75) is 109 Å². The number of methoxy groups -OCH3 is 1. The number of imide groups is 2. The van der Waals surface area contributed by atoms with Gasteiger partial charge < -0.3 is 34.7 Å². The fourth-order valence-electron chi connectivity index (χ4n) is 12.3. The van der Waals surface area contributed by atoms with Crippen molar-refractivity contribution < 1.29 is 52.7 Å². The Bertz CT molecular complexity index is 3230. The van der Waals surface area contributed by atoms with Gasteiger partial charge in [0.1, 0.15) is 29.6 Å². The molecule has 5 aliphatic heterocycles. The van der Waals surface area contributed by atoms with E-state index in [1.54, 1.807) is 60.9 Å². The zero-order valence-corrected chi connectivity index (χ0v) is 45.0. The van der Waals surface area contributed by atoms with Crippen molar-refractivity contribution in [3.63, 3.8) is 0 Å². The van der Waals surface area contributed by atoms with Crippen LogP contribution in [0.1, 0.15) is 117 Å². The van der Waals surface area contributed by atoms with Gasteiger partial charge in [0.05, 0.1) is 41.1 Å². The number of carbonyl (C=O) groups excluding carboxylic acids is 5. The molecule has 5 amide bonds. The molecule has 3 fully saturated rings. The SMILES string of the molecule is COc1ncc(-c2ccnc(N3CCc4c(sc5c4CCCC5)C3=O)c2[C@H](C)O)cc1Nc1ccc(N2CCN(C3CCN(c4ccc5c(c4)C(=O)N([C@H]4CCC(=O)N(C(C)OP(=O)(O)O)C4=O)C5=O)CC3)C[C@@H]2C)cn1. The summed E-state index contributed by atoms with van der Waals surface area (Å²) < 4.78 is 21.8. The van der Waals surface area contributed by atoms with Crippen LogP contribution in [0.2, 0.25) is 0 Å². The van der Waals surface area contributed by atoms with Gasteiger partial charge in [-0.05, 0) is 131 Å². The van der Waals surface area contributed by atoms with E-state index in [4.69, 9.17) is 14.7 Å². The molecule has 4 atom stereocenters. The van der Waals surface area contributed by atoms with Gasteiger partial charge in [0, 0.05) is 91.9 Å². The molecule has 5 aromatic rings. The highest BCUT2D eigenvalue weighted by molar-refractivity contribution is 7.46. The highest BCUT2D eigenvalue weighted by Crippen LogP contribution is 2.43. The molecule has 6 aliphatic rings. The van der Waals surface area contributed by atoms with Gasteiger partial charge in [-0.25, -0.2) is 19.5 Å². The Morgan fingerprint density at radius 3 is 2.29 bits per heavy atom. The first-order valence-electron chi connectivity index (χ1n) is 26.2. The third-order valence-corrected chi connectivity index (χ3v) is 17.8. The number of hydrogen-bond donors (Lipinski definition) is 4. The number of anilines is 5. The minimum absolute atomic E-state index is 0.0649. The lowest BCUT2D eigenvalue weighted by molar-refractivity contribution is -0.161. The normalized spacial score (nSPS) is 21.3. The first kappa shape index (κ1) is 52.4. The van der Waals surface area contributed by atoms with E-state index in [-0.39, 0.29) is 35.9 Å². The number of phosphoric acid groups is 1. The van der Waals surface area contributed by atoms with Crippen LogP contribution in [0.5, 0.6) is 5.88 Å². The highest BCUT2D eigenvalue weighted by atomic mass is 32.1. The predicted molar refractivity (Wildman–Crippen MR) is 287 cm³/mol. The molecule has 9 heterocycles. The van der Waals surface area contributed by atoms with Crippen LogP contribution in [0, 0.1) is 0 Å². The van der Waals surface area contributed by atoms with E-state index in [1.807, 2.05) is 24.4 Å². The number of phosphoric ester groups is 1. The molecule has 4 aromatic heterocycles. The molecule has 0 radical (unpaired) electrons. The van der Waals surface area contributed by atoms with E-state index < -0.39 is 49.8 Å². The van der Waals surface area contributed by atoms with Crippen LogP contribution >= 0.6 is 19.2 Å². The van der Waals surface area contributed by atoms with Crippen LogP contribution in [0.4, 0.5) is 28.7 Å². The standard InChI is InChI=1S/C54H61N10O11PS/c1-30-29-60(34-16-20-59(21-17-34)35-9-11-40-41(26-35)52(68)64(51(40)67)43-12-14-46(66)63(53(43)69)32(3)75-76(71,72)73)23-24-61(30)36-10-13-45(56-28-36)58-42-25-33(27-57-50(42)74-4)37-15-19-55-49(47(37)31(2)65)62-22-18-39-38-7-5-6-8-44(38)77-48(39)54(62)70/h9-11,13,15,19,25-28,30-32,34,43,65H,5-8,12,14,16-18,20-24,29H2,1-4H3,(H,56,58)(H2,71,72,73)/t30-,31-,32?,43-/m0/s1. The third kappa shape index (κ3) is 9.89. The van der Waals surface area contributed by atoms with Gasteiger partial charge in [-0.1, -0.05) is 0 Å². The molecule has 3 saturated heterocycles. The van der Waals surface area contributed by atoms with Crippen LogP contribution in [0.3, 0.4) is 0 Å². The van der Waals surface area contributed by atoms with Crippen molar-refractivity contribution in [1.82, 2.24) is 29.7 Å². The fourth-order valence-corrected chi connectivity index (χ4v) is 14.1. The topological polar surface area (TPSA) is 252 Å². The Kier molecular flexibility index (Phi) is 14.3. The number of hydrogen-bond acceptors (Lipinski definition) is 17. The molecule has 11 rings (SSSR count). The number of carbonyl (C=O) groups is 5. The lowest BCUT2D eigenvalue weighted by atomic mass is 9.91. The van der Waals surface area contributed by atoms with Crippen molar-refractivity contribution in [1.29, 1.82) is 0 Å². The zero-order chi connectivity index (χ0) is 54.0. The number of rotatable bonds is 13. The number of aromatic nitrogens is 3. The molecule has 0 bridgehead atoms. The molecular formula is C54H61N10O11PS. The summed E-state index contributed by atoms with van der Waals surface area (Å²) >= 11 is 1.62. The van der Waals surface area contributed by atoms with E-state index in [1.165, 1.54) is 16.0 Å². The average molecular weight is 1090 g/mol. The van der Waals surface area contributed by atoms with Crippen molar-refractivity contribution in [2.24, 2.45) is 0 Å². The van der Waals surface area contributed by atoms with Crippen LogP contribution in [0.15, 0.2) is 61.1 Å². The summed E-state index contributed by atoms with van der Waals surface area (Å²) in [6.07, 6.45) is 9.24. The molecule has 1 unspecified atom stereocenters. The summed E-state index contributed by atoms with van der Waals surface area (Å²) in [6.45, 7) is 9.51. The van der Waals surface area contributed by atoms with Crippen molar-refractivity contribution in [3.05, 3.63) is 98.6 Å². The quantitative estimate of drug-likeness (QED) is 0.0753. The van der Waals surface area contributed by atoms with Gasteiger partial charge >= 0.3 is 7.82 Å². The number of aliphatic hydroxyl groups excluding tert-OH is 1. The number of nitrogens with zero attached hydrogens (tertiary/aromatic N) is 9. The van der Waals surface area contributed by atoms with Gasteiger partial charge in [0.2, 0.25) is 11.8 Å². The van der Waals surface area contributed by atoms with E-state index in [9.17, 15) is 43.4 Å². The van der Waals surface area contributed by atoms with Gasteiger partial charge in [-0.15, -0.1) is 11.3 Å². The number of benzene rings is 1. The summed E-state index contributed by atoms with van der Waals surface area (Å²) in [4.78, 5) is 113. The molecule has 0 spiro atoms. The number of thiophene rings is 1. The molecule has 1 aliphatic carbocycles. The maximum atomic E-state index is 14.1. The zero-order valence-electron chi connectivity index (χ0n) is 43.3. The minimum Gasteiger partial charge on any atom is -0.480 e. The van der Waals surface area contributed by atoms with Crippen molar-refractivity contribution in [2.75, 3.05) is 66.4 Å². The highest BCUT2D eigenvalue weighted by Gasteiger charge is 2.49. The van der Waals surface area contributed by atoms with Gasteiger partial charge in [-0.3, -0.25) is 48.1 Å². The van der Waals surface area contributed by atoms with Gasteiger partial charge in [0.15, 0.2) is 0 Å². The van der Waals surface area contributed by atoms with E-state index in [0.29, 0.717) is 57.4 Å². The molecule has 1 aromatic carbocycles. The minimum atomic E-state index is -5.06. The van der Waals surface area contributed by atoms with Gasteiger partial charge in [-0.2, -0.15) is 0 Å². The lowest BCUT2D eigenvalue weighted by Crippen LogP contribution is -2.58. The summed E-state index contributed by atoms with van der Waals surface area (Å²) in [5, 5.41) is 14.7. The second-order valence-corrected chi connectivity index (χ2v) is 22.9. The Labute approximate surface area is 449 Å². The first-order valence-corrected chi connectivity index (χ1v) is 28.6. The Morgan fingerprint density at radius 2 is 1.56 bits per heavy atom. The number of pyridine rings is 3. The Morgan fingerprint density at radius 1 is 0.792 bits per heavy atom. The number of piperazine rings is 1. The third-order valence-electron chi connectivity index (χ3n) is 15.9. The lowest BCUT2D eigenvalue weighted by Gasteiger charge is -2.46. The molecule has 404 valence electrons. The number of aryl methyl sites for hydroxylation is 1. The molecule has 0 saturated carbocycles. The summed E-state index contributed by atoms with van der Waals surface area (Å²) in [6, 6.07) is 12.0. The number of nitrogens with one attached hydrogen (secondary N) is 1. The smallest absolute Gasteiger partial charge is 0.471 e. The molecule has 21 nitrogen and oxygen atoms in total. The maximum absolute atomic E-state index is 14.1. The predicted octanol–water partition coefficient (Wildman–Crippen LogP) is 6.24. The largest absolute Gasteiger partial charge is 0.480 e. The summed E-state index contributed by atoms with van der Waals surface area (Å²) in [5.41, 5.74) is 7.18. The summed E-state index contributed by atoms with van der Waals surface area (Å²) in [7, 11) is -3.50. The molecule has 77 heavy (non-hydrogen) atoms. The molecule has 4 N–H and O–H groups in total. The van der Waals surface area contributed by atoms with Crippen molar-refractivity contribution in [3.8, 4) is 17.0 Å². The second-order valence-electron chi connectivity index (χ2n) is 20.6. The summed E-state index contributed by atoms with van der Waals surface area (Å²) in [5.74, 6) is -1.66. The van der Waals surface area contributed by atoms with Crippen LogP contribution in [-0.4, -0.2) is 145 Å². The van der Waals surface area contributed by atoms with Crippen LogP contribution in [-0.2, 0) is 37.9 Å². The second kappa shape index (κ2) is 21.0. The number of likely N-dealkylation sites (tertiary alicyclic amines) is 1. The fraction of sp³-hybridized carbons (Fsp3) is 0.444.